The minimum Gasteiger partial charge on any atom is -0.356 e. The Morgan fingerprint density at radius 2 is 1.62 bits per heavy atom. The van der Waals surface area contributed by atoms with Crippen molar-refractivity contribution in [3.8, 4) is 0 Å². The molecule has 0 aromatic rings. The zero-order chi connectivity index (χ0) is 12.1. The Hall–Kier alpha value is -0.240. The summed E-state index contributed by atoms with van der Waals surface area (Å²) < 4.78 is 0. The molecule has 1 amide bonds. The van der Waals surface area contributed by atoms with Crippen molar-refractivity contribution in [1.82, 2.24) is 5.32 Å². The fourth-order valence-corrected chi connectivity index (χ4v) is 1.76. The lowest BCUT2D eigenvalue weighted by Gasteiger charge is -2.04. The normalized spacial score (nSPS) is 10.4. The molecule has 1 N–H and O–H groups in total. The topological polar surface area (TPSA) is 29.1 Å². The van der Waals surface area contributed by atoms with Crippen LogP contribution in [0.1, 0.15) is 64.7 Å². The van der Waals surface area contributed by atoms with Gasteiger partial charge >= 0.3 is 0 Å². The Kier molecular flexibility index (Phi) is 12.6. The highest BCUT2D eigenvalue weighted by molar-refractivity contribution is 6.17. The second-order valence-electron chi connectivity index (χ2n) is 4.26. The number of hydrogen-bond donors (Lipinski definition) is 1. The smallest absolute Gasteiger partial charge is 0.220 e. The molecule has 0 saturated heterocycles. The number of carbonyl (C=O) groups is 1. The molecule has 3 heteroatoms. The van der Waals surface area contributed by atoms with E-state index in [2.05, 4.69) is 12.2 Å². The van der Waals surface area contributed by atoms with Crippen molar-refractivity contribution < 1.29 is 4.79 Å². The fourth-order valence-electron chi connectivity index (χ4n) is 1.63. The molecule has 0 rings (SSSR count). The van der Waals surface area contributed by atoms with E-state index < -0.39 is 0 Å². The van der Waals surface area contributed by atoms with Gasteiger partial charge in [-0.15, -0.1) is 11.6 Å². The second kappa shape index (κ2) is 12.8. The molecule has 0 fully saturated rings. The van der Waals surface area contributed by atoms with Gasteiger partial charge in [-0.1, -0.05) is 45.4 Å². The zero-order valence-corrected chi connectivity index (χ0v) is 11.3. The number of hydrogen-bond acceptors (Lipinski definition) is 1. The standard InChI is InChI=1S/C13H26ClNO/c1-2-3-4-5-6-7-8-12-15-13(16)10-9-11-14/h2-12H2,1H3,(H,15,16). The lowest BCUT2D eigenvalue weighted by Crippen LogP contribution is -2.24. The van der Waals surface area contributed by atoms with Gasteiger partial charge in [0.05, 0.1) is 0 Å². The van der Waals surface area contributed by atoms with E-state index in [0.29, 0.717) is 12.3 Å². The van der Waals surface area contributed by atoms with Gasteiger partial charge in [0.2, 0.25) is 5.91 Å². The summed E-state index contributed by atoms with van der Waals surface area (Å²) >= 11 is 5.51. The van der Waals surface area contributed by atoms with E-state index in [9.17, 15) is 4.79 Å². The maximum Gasteiger partial charge on any atom is 0.220 e. The highest BCUT2D eigenvalue weighted by Crippen LogP contribution is 2.06. The monoisotopic (exact) mass is 247 g/mol. The molecule has 0 heterocycles. The van der Waals surface area contributed by atoms with Gasteiger partial charge in [0.1, 0.15) is 0 Å². The number of unbranched alkanes of at least 4 members (excludes halogenated alkanes) is 6. The van der Waals surface area contributed by atoms with Crippen molar-refractivity contribution in [2.24, 2.45) is 0 Å². The number of rotatable bonds is 11. The van der Waals surface area contributed by atoms with Crippen LogP contribution in [0.4, 0.5) is 0 Å². The van der Waals surface area contributed by atoms with Crippen molar-refractivity contribution >= 4 is 17.5 Å². The Morgan fingerprint density at radius 1 is 1.00 bits per heavy atom. The fraction of sp³-hybridized carbons (Fsp3) is 0.923. The number of carbonyl (C=O) groups excluding carboxylic acids is 1. The second-order valence-corrected chi connectivity index (χ2v) is 4.64. The molecule has 0 aromatic heterocycles. The summed E-state index contributed by atoms with van der Waals surface area (Å²) in [5, 5.41) is 2.92. The Balaban J connectivity index is 3.05. The van der Waals surface area contributed by atoms with E-state index in [-0.39, 0.29) is 5.91 Å². The van der Waals surface area contributed by atoms with Crippen molar-refractivity contribution in [3.05, 3.63) is 0 Å². The third kappa shape index (κ3) is 11.8. The van der Waals surface area contributed by atoms with E-state index in [1.54, 1.807) is 0 Å². The molecule has 0 radical (unpaired) electrons. The van der Waals surface area contributed by atoms with Crippen LogP contribution in [-0.4, -0.2) is 18.3 Å². The summed E-state index contributed by atoms with van der Waals surface area (Å²) in [6.07, 6.45) is 10.4. The SMILES string of the molecule is CCCCCCCCCNC(=O)CCCCl. The number of amides is 1. The molecule has 16 heavy (non-hydrogen) atoms. The third-order valence-corrected chi connectivity index (χ3v) is 2.91. The number of nitrogens with one attached hydrogen (secondary N) is 1. The van der Waals surface area contributed by atoms with Crippen molar-refractivity contribution in [2.75, 3.05) is 12.4 Å². The predicted molar refractivity (Wildman–Crippen MR) is 71.0 cm³/mol. The average Bonchev–Trinajstić information content (AvgIpc) is 2.30. The van der Waals surface area contributed by atoms with Crippen LogP contribution in [0.15, 0.2) is 0 Å². The summed E-state index contributed by atoms with van der Waals surface area (Å²) in [5.74, 6) is 0.719. The van der Waals surface area contributed by atoms with E-state index in [1.807, 2.05) is 0 Å². The highest BCUT2D eigenvalue weighted by Gasteiger charge is 1.98. The lowest BCUT2D eigenvalue weighted by atomic mass is 10.1. The van der Waals surface area contributed by atoms with Crippen LogP contribution in [0.25, 0.3) is 0 Å². The number of halogens is 1. The molecule has 0 aliphatic rings. The van der Waals surface area contributed by atoms with Crippen LogP contribution in [0.2, 0.25) is 0 Å². The third-order valence-electron chi connectivity index (χ3n) is 2.64. The minimum atomic E-state index is 0.145. The largest absolute Gasteiger partial charge is 0.356 e. The summed E-state index contributed by atoms with van der Waals surface area (Å²) in [4.78, 5) is 11.2. The molecule has 2 nitrogen and oxygen atoms in total. The molecule has 0 atom stereocenters. The van der Waals surface area contributed by atoms with Gasteiger partial charge in [0.25, 0.3) is 0 Å². The molecule has 0 unspecified atom stereocenters. The van der Waals surface area contributed by atoms with Crippen LogP contribution >= 0.6 is 11.6 Å². The zero-order valence-electron chi connectivity index (χ0n) is 10.6. The molecular formula is C13H26ClNO. The Bertz CT molecular complexity index is 162. The van der Waals surface area contributed by atoms with Crippen LogP contribution in [-0.2, 0) is 4.79 Å². The quantitative estimate of drug-likeness (QED) is 0.436. The first-order valence-electron chi connectivity index (χ1n) is 6.64. The van der Waals surface area contributed by atoms with E-state index in [1.165, 1.54) is 38.5 Å². The van der Waals surface area contributed by atoms with Crippen molar-refractivity contribution in [1.29, 1.82) is 0 Å². The first kappa shape index (κ1) is 15.8. The maximum atomic E-state index is 11.2. The lowest BCUT2D eigenvalue weighted by molar-refractivity contribution is -0.121. The van der Waals surface area contributed by atoms with Gasteiger partial charge in [-0.3, -0.25) is 4.79 Å². The van der Waals surface area contributed by atoms with Gasteiger partial charge in [-0.25, -0.2) is 0 Å². The molecule has 96 valence electrons. The molecule has 0 bridgehead atoms. The molecule has 0 aliphatic heterocycles. The van der Waals surface area contributed by atoms with Crippen LogP contribution in [0.5, 0.6) is 0 Å². The molecular weight excluding hydrogens is 222 g/mol. The first-order valence-corrected chi connectivity index (χ1v) is 7.17. The predicted octanol–water partition coefficient (Wildman–Crippen LogP) is 3.87. The van der Waals surface area contributed by atoms with Crippen molar-refractivity contribution in [2.45, 2.75) is 64.7 Å². The van der Waals surface area contributed by atoms with Crippen LogP contribution < -0.4 is 5.32 Å². The number of alkyl halides is 1. The molecule has 0 spiro atoms. The van der Waals surface area contributed by atoms with E-state index >= 15 is 0 Å². The summed E-state index contributed by atoms with van der Waals surface area (Å²) in [7, 11) is 0. The molecule has 0 aliphatic carbocycles. The molecule has 0 aromatic carbocycles. The maximum absolute atomic E-state index is 11.2. The molecule has 0 saturated carbocycles. The summed E-state index contributed by atoms with van der Waals surface area (Å²) in [6, 6.07) is 0. The van der Waals surface area contributed by atoms with Crippen LogP contribution in [0.3, 0.4) is 0 Å². The first-order chi connectivity index (χ1) is 7.81. The average molecular weight is 248 g/mol. The van der Waals surface area contributed by atoms with Gasteiger partial charge in [-0.05, 0) is 12.8 Å². The van der Waals surface area contributed by atoms with Crippen LogP contribution in [0, 0.1) is 0 Å². The Morgan fingerprint density at radius 3 is 2.25 bits per heavy atom. The van der Waals surface area contributed by atoms with Gasteiger partial charge < -0.3 is 5.32 Å². The van der Waals surface area contributed by atoms with Gasteiger partial charge in [0.15, 0.2) is 0 Å². The Labute approximate surface area is 105 Å². The van der Waals surface area contributed by atoms with E-state index in [0.717, 1.165) is 19.4 Å². The van der Waals surface area contributed by atoms with Crippen molar-refractivity contribution in [3.63, 3.8) is 0 Å². The summed E-state index contributed by atoms with van der Waals surface area (Å²) in [6.45, 7) is 3.06. The summed E-state index contributed by atoms with van der Waals surface area (Å²) in [5.41, 5.74) is 0. The highest BCUT2D eigenvalue weighted by atomic mass is 35.5. The van der Waals surface area contributed by atoms with Gasteiger partial charge in [0, 0.05) is 18.8 Å². The van der Waals surface area contributed by atoms with Gasteiger partial charge in [-0.2, -0.15) is 0 Å². The van der Waals surface area contributed by atoms with E-state index in [4.69, 9.17) is 11.6 Å². The minimum absolute atomic E-state index is 0.145.